The summed E-state index contributed by atoms with van der Waals surface area (Å²) in [4.78, 5) is 4.43. The largest absolute Gasteiger partial charge is 0.306 e. The lowest BCUT2D eigenvalue weighted by atomic mass is 10.4. The summed E-state index contributed by atoms with van der Waals surface area (Å²) >= 11 is 2.30. The Kier molecular flexibility index (Phi) is 2.04. The molecule has 0 unspecified atom stereocenters. The molecular weight excluding hydrogens is 263 g/mol. The van der Waals surface area contributed by atoms with Crippen LogP contribution in [0.3, 0.4) is 0 Å². The molecule has 0 saturated carbocycles. The number of aromatic nitrogens is 2. The van der Waals surface area contributed by atoms with Crippen LogP contribution in [0.15, 0.2) is 24.5 Å². The van der Waals surface area contributed by atoms with Crippen LogP contribution in [0.5, 0.6) is 0 Å². The minimum absolute atomic E-state index is 0.998. The number of halogens is 1. The highest BCUT2D eigenvalue weighted by Gasteiger charge is 1.98. The van der Waals surface area contributed by atoms with Crippen LogP contribution >= 0.6 is 22.6 Å². The Morgan fingerprint density at radius 1 is 1.42 bits per heavy atom. The highest BCUT2D eigenvalue weighted by Crippen LogP contribution is 2.09. The number of hydrogen-bond acceptors (Lipinski definition) is 1. The van der Waals surface area contributed by atoms with Crippen LogP contribution in [0, 0.1) is 3.57 Å². The van der Waals surface area contributed by atoms with Crippen LogP contribution in [0.1, 0.15) is 12.6 Å². The number of aryl methyl sites for hydroxylation is 1. The van der Waals surface area contributed by atoms with Gasteiger partial charge in [-0.3, -0.25) is 0 Å². The number of rotatable bonds is 1. The third-order valence-electron chi connectivity index (χ3n) is 1.83. The zero-order chi connectivity index (χ0) is 8.55. The number of nitrogens with zero attached hydrogens (tertiary/aromatic N) is 2. The molecular formula is C9H9IN2. The summed E-state index contributed by atoms with van der Waals surface area (Å²) < 4.78 is 3.31. The molecule has 0 amide bonds. The Bertz CT molecular complexity index is 406. The van der Waals surface area contributed by atoms with Crippen molar-refractivity contribution >= 4 is 28.2 Å². The second-order valence-corrected chi connectivity index (χ2v) is 3.94. The quantitative estimate of drug-likeness (QED) is 0.729. The van der Waals surface area contributed by atoms with Crippen LogP contribution < -0.4 is 0 Å². The maximum Gasteiger partial charge on any atom is 0.137 e. The fraction of sp³-hybridized carbons (Fsp3) is 0.222. The van der Waals surface area contributed by atoms with Gasteiger partial charge >= 0.3 is 0 Å². The molecule has 62 valence electrons. The summed E-state index contributed by atoms with van der Waals surface area (Å²) in [6.45, 7) is 2.12. The van der Waals surface area contributed by atoms with Gasteiger partial charge in [0, 0.05) is 16.0 Å². The molecule has 0 aliphatic heterocycles. The van der Waals surface area contributed by atoms with Gasteiger partial charge < -0.3 is 4.40 Å². The monoisotopic (exact) mass is 272 g/mol. The molecule has 2 nitrogen and oxygen atoms in total. The standard InChI is InChI=1S/C9H9IN2/c1-2-8-6-12-5-7(10)3-4-9(12)11-8/h3-6H,2H2,1H3. The normalized spacial score (nSPS) is 10.8. The molecule has 0 bridgehead atoms. The number of pyridine rings is 1. The van der Waals surface area contributed by atoms with Gasteiger partial charge in [-0.15, -0.1) is 0 Å². The Morgan fingerprint density at radius 2 is 2.25 bits per heavy atom. The molecule has 0 atom stereocenters. The molecule has 2 heterocycles. The molecule has 0 fully saturated rings. The summed E-state index contributed by atoms with van der Waals surface area (Å²) in [7, 11) is 0. The van der Waals surface area contributed by atoms with E-state index < -0.39 is 0 Å². The van der Waals surface area contributed by atoms with Crippen molar-refractivity contribution in [2.24, 2.45) is 0 Å². The maximum absolute atomic E-state index is 4.43. The summed E-state index contributed by atoms with van der Waals surface area (Å²) in [6, 6.07) is 4.11. The minimum atomic E-state index is 0.998. The minimum Gasteiger partial charge on any atom is -0.306 e. The molecule has 0 aromatic carbocycles. The van der Waals surface area contributed by atoms with Crippen LogP contribution in [0.4, 0.5) is 0 Å². The predicted molar refractivity (Wildman–Crippen MR) is 57.3 cm³/mol. The molecule has 2 aromatic rings. The van der Waals surface area contributed by atoms with Crippen molar-refractivity contribution in [3.63, 3.8) is 0 Å². The first kappa shape index (κ1) is 8.04. The third-order valence-corrected chi connectivity index (χ3v) is 2.47. The first-order valence-corrected chi connectivity index (χ1v) is 5.00. The molecule has 0 spiro atoms. The topological polar surface area (TPSA) is 17.3 Å². The van der Waals surface area contributed by atoms with Crippen molar-refractivity contribution < 1.29 is 0 Å². The van der Waals surface area contributed by atoms with E-state index in [1.807, 2.05) is 6.07 Å². The van der Waals surface area contributed by atoms with Gasteiger partial charge in [0.15, 0.2) is 0 Å². The Hall–Kier alpha value is -0.580. The van der Waals surface area contributed by atoms with Gasteiger partial charge in [0.1, 0.15) is 5.65 Å². The molecule has 12 heavy (non-hydrogen) atoms. The van der Waals surface area contributed by atoms with E-state index in [-0.39, 0.29) is 0 Å². The Labute approximate surface area is 84.8 Å². The van der Waals surface area contributed by atoms with E-state index in [1.165, 1.54) is 3.57 Å². The first-order chi connectivity index (χ1) is 5.79. The SMILES string of the molecule is CCc1cn2cc(I)ccc2n1. The van der Waals surface area contributed by atoms with E-state index in [0.29, 0.717) is 0 Å². The van der Waals surface area contributed by atoms with Crippen LogP contribution in [-0.4, -0.2) is 9.38 Å². The Morgan fingerprint density at radius 3 is 3.00 bits per heavy atom. The molecule has 3 heteroatoms. The molecule has 2 rings (SSSR count). The van der Waals surface area contributed by atoms with Crippen LogP contribution in [-0.2, 0) is 6.42 Å². The highest BCUT2D eigenvalue weighted by atomic mass is 127. The van der Waals surface area contributed by atoms with E-state index in [4.69, 9.17) is 0 Å². The average Bonchev–Trinajstić information content (AvgIpc) is 2.46. The van der Waals surface area contributed by atoms with Gasteiger partial charge in [0.05, 0.1) is 5.69 Å². The lowest BCUT2D eigenvalue weighted by Crippen LogP contribution is -1.82. The Balaban J connectivity index is 2.67. The molecule has 0 aliphatic carbocycles. The number of imidazole rings is 1. The molecule has 2 aromatic heterocycles. The second kappa shape index (κ2) is 3.05. The fourth-order valence-electron chi connectivity index (χ4n) is 1.19. The zero-order valence-electron chi connectivity index (χ0n) is 6.79. The average molecular weight is 272 g/mol. The van der Waals surface area contributed by atoms with Crippen molar-refractivity contribution in [3.05, 3.63) is 33.8 Å². The van der Waals surface area contributed by atoms with E-state index >= 15 is 0 Å². The van der Waals surface area contributed by atoms with Gasteiger partial charge in [-0.1, -0.05) is 6.92 Å². The van der Waals surface area contributed by atoms with E-state index in [0.717, 1.165) is 17.8 Å². The second-order valence-electron chi connectivity index (χ2n) is 2.70. The molecule has 0 N–H and O–H groups in total. The molecule has 0 aliphatic rings. The van der Waals surface area contributed by atoms with Gasteiger partial charge in [-0.25, -0.2) is 4.98 Å². The first-order valence-electron chi connectivity index (χ1n) is 3.92. The molecule has 0 radical (unpaired) electrons. The maximum atomic E-state index is 4.43. The lowest BCUT2D eigenvalue weighted by Gasteiger charge is -1.91. The zero-order valence-corrected chi connectivity index (χ0v) is 8.95. The van der Waals surface area contributed by atoms with Gasteiger partial charge in [-0.05, 0) is 41.1 Å². The van der Waals surface area contributed by atoms with Crippen molar-refractivity contribution in [2.45, 2.75) is 13.3 Å². The summed E-state index contributed by atoms with van der Waals surface area (Å²) in [5.74, 6) is 0. The third kappa shape index (κ3) is 1.33. The highest BCUT2D eigenvalue weighted by molar-refractivity contribution is 14.1. The smallest absolute Gasteiger partial charge is 0.137 e. The van der Waals surface area contributed by atoms with Crippen LogP contribution in [0.2, 0.25) is 0 Å². The summed E-state index contributed by atoms with van der Waals surface area (Å²) in [5, 5.41) is 0. The summed E-state index contributed by atoms with van der Waals surface area (Å²) in [5.41, 5.74) is 2.18. The van der Waals surface area contributed by atoms with Crippen molar-refractivity contribution in [1.29, 1.82) is 0 Å². The fourth-order valence-corrected chi connectivity index (χ4v) is 1.67. The van der Waals surface area contributed by atoms with Crippen molar-refractivity contribution in [3.8, 4) is 0 Å². The number of fused-ring (bicyclic) bond motifs is 1. The van der Waals surface area contributed by atoms with Gasteiger partial charge in [0.2, 0.25) is 0 Å². The van der Waals surface area contributed by atoms with E-state index in [9.17, 15) is 0 Å². The van der Waals surface area contributed by atoms with Crippen molar-refractivity contribution in [1.82, 2.24) is 9.38 Å². The predicted octanol–water partition coefficient (Wildman–Crippen LogP) is 2.50. The number of hydrogen-bond donors (Lipinski definition) is 0. The van der Waals surface area contributed by atoms with Crippen LogP contribution in [0.25, 0.3) is 5.65 Å². The van der Waals surface area contributed by atoms with E-state index in [2.05, 4.69) is 57.4 Å². The lowest BCUT2D eigenvalue weighted by molar-refractivity contribution is 1.07. The van der Waals surface area contributed by atoms with E-state index in [1.54, 1.807) is 0 Å². The van der Waals surface area contributed by atoms with Crippen molar-refractivity contribution in [2.75, 3.05) is 0 Å². The molecule has 0 saturated heterocycles. The summed E-state index contributed by atoms with van der Waals surface area (Å²) in [6.07, 6.45) is 5.16. The van der Waals surface area contributed by atoms with Gasteiger partial charge in [-0.2, -0.15) is 0 Å². The van der Waals surface area contributed by atoms with Gasteiger partial charge in [0.25, 0.3) is 0 Å².